The van der Waals surface area contributed by atoms with Crippen LogP contribution in [0.4, 0.5) is 23.9 Å². The molecule has 0 saturated carbocycles. The fourth-order valence-electron chi connectivity index (χ4n) is 3.15. The number of aryl methyl sites for hydroxylation is 1. The van der Waals surface area contributed by atoms with Crippen LogP contribution in [-0.2, 0) is 15.7 Å². The predicted octanol–water partition coefficient (Wildman–Crippen LogP) is 5.44. The molecule has 2 N–H and O–H groups in total. The van der Waals surface area contributed by atoms with Crippen LogP contribution < -0.4 is 15.4 Å². The van der Waals surface area contributed by atoms with Crippen molar-refractivity contribution in [2.45, 2.75) is 20.0 Å². The van der Waals surface area contributed by atoms with Crippen molar-refractivity contribution in [3.05, 3.63) is 75.7 Å². The first-order valence-electron chi connectivity index (χ1n) is 10.2. The quantitative estimate of drug-likeness (QED) is 0.416. The lowest BCUT2D eigenvalue weighted by atomic mass is 10.1. The van der Waals surface area contributed by atoms with E-state index in [1.54, 1.807) is 12.1 Å². The number of ether oxygens (including phenoxy) is 2. The molecule has 184 valence electrons. The average Bonchev–Trinajstić information content (AvgIpc) is 3.13. The van der Waals surface area contributed by atoms with Gasteiger partial charge in [0.1, 0.15) is 10.8 Å². The van der Waals surface area contributed by atoms with Crippen LogP contribution in [0.3, 0.4) is 0 Å². The minimum absolute atomic E-state index is 0.0259. The van der Waals surface area contributed by atoms with Gasteiger partial charge in [-0.05, 0) is 49.2 Å². The van der Waals surface area contributed by atoms with E-state index in [-0.39, 0.29) is 33.3 Å². The Morgan fingerprint density at radius 2 is 1.71 bits per heavy atom. The Morgan fingerprint density at radius 3 is 2.37 bits per heavy atom. The van der Waals surface area contributed by atoms with E-state index in [4.69, 9.17) is 9.47 Å². The maximum atomic E-state index is 13.0. The molecule has 0 aliphatic heterocycles. The third-order valence-corrected chi connectivity index (χ3v) is 6.10. The second kappa shape index (κ2) is 10.6. The van der Waals surface area contributed by atoms with Crippen molar-refractivity contribution < 1.29 is 37.0 Å². The van der Waals surface area contributed by atoms with Crippen LogP contribution in [0.2, 0.25) is 0 Å². The second-order valence-corrected chi connectivity index (χ2v) is 8.41. The van der Waals surface area contributed by atoms with Crippen LogP contribution in [0.25, 0.3) is 0 Å². The molecule has 0 atom stereocenters. The number of alkyl halides is 3. The van der Waals surface area contributed by atoms with Gasteiger partial charge >= 0.3 is 12.1 Å². The van der Waals surface area contributed by atoms with Gasteiger partial charge in [-0.2, -0.15) is 13.2 Å². The van der Waals surface area contributed by atoms with E-state index in [1.165, 1.54) is 19.1 Å². The number of thiophene rings is 1. The fraction of sp³-hybridized carbons (Fsp3) is 0.208. The third-order valence-electron chi connectivity index (χ3n) is 4.90. The summed E-state index contributed by atoms with van der Waals surface area (Å²) in [4.78, 5) is 37.7. The Labute approximate surface area is 202 Å². The number of methoxy groups -OCH3 is 1. The molecule has 3 aromatic rings. The highest BCUT2D eigenvalue weighted by atomic mass is 32.1. The highest BCUT2D eigenvalue weighted by Gasteiger charge is 2.31. The molecule has 0 spiro atoms. The van der Waals surface area contributed by atoms with Crippen molar-refractivity contribution in [1.82, 2.24) is 0 Å². The first kappa shape index (κ1) is 25.8. The lowest BCUT2D eigenvalue weighted by Crippen LogP contribution is -2.21. The van der Waals surface area contributed by atoms with Gasteiger partial charge in [0.2, 0.25) is 0 Å². The first-order valence-corrected chi connectivity index (χ1v) is 11.0. The Balaban J connectivity index is 1.81. The Hall–Kier alpha value is -3.86. The molecule has 0 unspecified atom stereocenters. The molecule has 1 aromatic heterocycles. The number of carbonyl (C=O) groups is 3. The van der Waals surface area contributed by atoms with Crippen LogP contribution >= 0.6 is 11.3 Å². The summed E-state index contributed by atoms with van der Waals surface area (Å²) in [5.74, 6) is -1.59. The number of hydrogen-bond acceptors (Lipinski definition) is 6. The van der Waals surface area contributed by atoms with E-state index in [9.17, 15) is 27.6 Å². The lowest BCUT2D eigenvalue weighted by molar-refractivity contribution is -0.137. The molecule has 0 saturated heterocycles. The molecule has 2 aromatic carbocycles. The molecule has 1 heterocycles. The SMILES string of the molecule is COC(=O)c1c(NC(=O)COc2ccccc2C)sc(C(=O)Nc2cccc(C(F)(F)F)c2)c1C. The molecular formula is C24H21F3N2O5S. The van der Waals surface area contributed by atoms with Gasteiger partial charge in [-0.15, -0.1) is 11.3 Å². The summed E-state index contributed by atoms with van der Waals surface area (Å²) >= 11 is 0.797. The lowest BCUT2D eigenvalue weighted by Gasteiger charge is -2.09. The Morgan fingerprint density at radius 1 is 1.00 bits per heavy atom. The number of hydrogen-bond donors (Lipinski definition) is 2. The zero-order valence-electron chi connectivity index (χ0n) is 18.9. The highest BCUT2D eigenvalue weighted by molar-refractivity contribution is 7.19. The number of halogens is 3. The predicted molar refractivity (Wildman–Crippen MR) is 125 cm³/mol. The molecule has 3 rings (SSSR count). The van der Waals surface area contributed by atoms with E-state index in [1.807, 2.05) is 19.1 Å². The van der Waals surface area contributed by atoms with Gasteiger partial charge < -0.3 is 20.1 Å². The van der Waals surface area contributed by atoms with Gasteiger partial charge in [0.05, 0.1) is 23.1 Å². The molecule has 0 radical (unpaired) electrons. The van der Waals surface area contributed by atoms with Gasteiger partial charge in [0.15, 0.2) is 6.61 Å². The molecule has 0 bridgehead atoms. The fourth-order valence-corrected chi connectivity index (χ4v) is 4.26. The summed E-state index contributed by atoms with van der Waals surface area (Å²) in [6.07, 6.45) is -4.57. The van der Waals surface area contributed by atoms with Crippen molar-refractivity contribution >= 4 is 39.8 Å². The van der Waals surface area contributed by atoms with Crippen molar-refractivity contribution in [1.29, 1.82) is 0 Å². The minimum Gasteiger partial charge on any atom is -0.483 e. The molecule has 2 amide bonds. The van der Waals surface area contributed by atoms with Crippen LogP contribution in [0, 0.1) is 13.8 Å². The van der Waals surface area contributed by atoms with Crippen molar-refractivity contribution in [3.63, 3.8) is 0 Å². The van der Waals surface area contributed by atoms with Gasteiger partial charge in [-0.3, -0.25) is 9.59 Å². The number of amides is 2. The Kier molecular flexibility index (Phi) is 7.80. The molecule has 0 aliphatic carbocycles. The normalized spacial score (nSPS) is 11.0. The number of benzene rings is 2. The number of carbonyl (C=O) groups excluding carboxylic acids is 3. The van der Waals surface area contributed by atoms with E-state index in [0.717, 1.165) is 36.1 Å². The average molecular weight is 507 g/mol. The summed E-state index contributed by atoms with van der Waals surface area (Å²) < 4.78 is 49.2. The highest BCUT2D eigenvalue weighted by Crippen LogP contribution is 2.35. The molecule has 11 heteroatoms. The summed E-state index contributed by atoms with van der Waals surface area (Å²) in [5, 5.41) is 5.00. The van der Waals surface area contributed by atoms with Crippen molar-refractivity contribution in [3.8, 4) is 5.75 Å². The first-order chi connectivity index (χ1) is 16.5. The summed E-state index contributed by atoms with van der Waals surface area (Å²) in [6.45, 7) is 2.94. The van der Waals surface area contributed by atoms with Crippen LogP contribution in [-0.4, -0.2) is 31.5 Å². The van der Waals surface area contributed by atoms with E-state index in [2.05, 4.69) is 10.6 Å². The minimum atomic E-state index is -4.57. The van der Waals surface area contributed by atoms with Gasteiger partial charge in [0, 0.05) is 5.69 Å². The van der Waals surface area contributed by atoms with Crippen LogP contribution in [0.1, 0.15) is 36.7 Å². The van der Waals surface area contributed by atoms with Crippen molar-refractivity contribution in [2.75, 3.05) is 24.4 Å². The van der Waals surface area contributed by atoms with Gasteiger partial charge in [-0.1, -0.05) is 24.3 Å². The molecule has 7 nitrogen and oxygen atoms in total. The monoisotopic (exact) mass is 506 g/mol. The van der Waals surface area contributed by atoms with Gasteiger partial charge in [0.25, 0.3) is 11.8 Å². The third kappa shape index (κ3) is 6.18. The second-order valence-electron chi connectivity index (χ2n) is 7.39. The van der Waals surface area contributed by atoms with Crippen molar-refractivity contribution in [2.24, 2.45) is 0 Å². The number of rotatable bonds is 7. The van der Waals surface area contributed by atoms with E-state index in [0.29, 0.717) is 5.75 Å². The topological polar surface area (TPSA) is 93.7 Å². The molecule has 0 fully saturated rings. The van der Waals surface area contributed by atoms with E-state index < -0.39 is 29.5 Å². The largest absolute Gasteiger partial charge is 0.483 e. The number of anilines is 2. The smallest absolute Gasteiger partial charge is 0.416 e. The number of nitrogens with one attached hydrogen (secondary N) is 2. The van der Waals surface area contributed by atoms with E-state index >= 15 is 0 Å². The molecular weight excluding hydrogens is 485 g/mol. The molecule has 0 aliphatic rings. The number of esters is 1. The number of para-hydroxylation sites is 1. The maximum Gasteiger partial charge on any atom is 0.416 e. The maximum absolute atomic E-state index is 13.0. The van der Waals surface area contributed by atoms with Crippen LogP contribution in [0.15, 0.2) is 48.5 Å². The summed E-state index contributed by atoms with van der Waals surface area (Å²) in [7, 11) is 1.15. The standard InChI is InChI=1S/C24H21F3N2O5S/c1-13-7-4-5-10-17(13)34-12-18(30)29-22-19(23(32)33-3)14(2)20(35-22)21(31)28-16-9-6-8-15(11-16)24(25,26)27/h4-11H,12H2,1-3H3,(H,28,31)(H,29,30). The Bertz CT molecular complexity index is 1270. The van der Waals surface area contributed by atoms with Gasteiger partial charge in [-0.25, -0.2) is 4.79 Å². The molecule has 35 heavy (non-hydrogen) atoms. The van der Waals surface area contributed by atoms with Crippen LogP contribution in [0.5, 0.6) is 5.75 Å². The summed E-state index contributed by atoms with van der Waals surface area (Å²) in [6, 6.07) is 11.3. The zero-order valence-corrected chi connectivity index (χ0v) is 19.7. The zero-order chi connectivity index (χ0) is 25.8. The summed E-state index contributed by atoms with van der Waals surface area (Å²) in [5.41, 5.74) is 0.0120.